The van der Waals surface area contributed by atoms with Crippen LogP contribution in [0.1, 0.15) is 30.2 Å². The van der Waals surface area contributed by atoms with E-state index >= 15 is 0 Å². The highest BCUT2D eigenvalue weighted by atomic mass is 16.5. The van der Waals surface area contributed by atoms with Crippen LogP contribution in [0.5, 0.6) is 5.75 Å². The second-order valence-electron chi connectivity index (χ2n) is 8.22. The molecule has 1 atom stereocenters. The minimum absolute atomic E-state index is 0.0732. The number of pyridine rings is 1. The second kappa shape index (κ2) is 8.44. The van der Waals surface area contributed by atoms with E-state index in [0.717, 1.165) is 48.7 Å². The van der Waals surface area contributed by atoms with Crippen LogP contribution >= 0.6 is 0 Å². The highest BCUT2D eigenvalue weighted by Gasteiger charge is 2.24. The van der Waals surface area contributed by atoms with Gasteiger partial charge in [-0.15, -0.1) is 0 Å². The van der Waals surface area contributed by atoms with Gasteiger partial charge in [0.2, 0.25) is 0 Å². The van der Waals surface area contributed by atoms with Crippen molar-refractivity contribution in [3.8, 4) is 5.75 Å². The van der Waals surface area contributed by atoms with Crippen molar-refractivity contribution in [3.05, 3.63) is 83.7 Å². The van der Waals surface area contributed by atoms with Crippen molar-refractivity contribution in [2.24, 2.45) is 0 Å². The fourth-order valence-electron chi connectivity index (χ4n) is 4.48. The van der Waals surface area contributed by atoms with Crippen LogP contribution < -0.4 is 15.0 Å². The first-order chi connectivity index (χ1) is 15.2. The summed E-state index contributed by atoms with van der Waals surface area (Å²) in [6, 6.07) is 18.7. The Hall–Kier alpha value is -3.31. The van der Waals surface area contributed by atoms with Gasteiger partial charge in [0, 0.05) is 30.2 Å². The normalized spacial score (nSPS) is 16.9. The summed E-state index contributed by atoms with van der Waals surface area (Å²) in [6.45, 7) is 3.91. The van der Waals surface area contributed by atoms with Crippen LogP contribution in [-0.2, 0) is 13.0 Å². The highest BCUT2D eigenvalue weighted by molar-refractivity contribution is 5.74. The number of anilines is 3. The standard InChI is InChI=1S/C26H27N3O2/c1-18-16-29(13-11-20-7-6-19-4-2-3-5-24(19)20)25-9-8-21(15-26(25)31-18)28-22-10-12-27-23(14-22)17-30/h2-5,7-10,12,14-15,18,30H,6,11,13,16-17H2,1H3,(H,27,28). The van der Waals surface area contributed by atoms with E-state index in [1.54, 1.807) is 6.20 Å². The molecule has 2 aliphatic rings. The zero-order chi connectivity index (χ0) is 21.2. The van der Waals surface area contributed by atoms with Gasteiger partial charge in [0.15, 0.2) is 0 Å². The number of hydrogen-bond donors (Lipinski definition) is 2. The molecule has 5 rings (SSSR count). The van der Waals surface area contributed by atoms with Gasteiger partial charge in [-0.2, -0.15) is 0 Å². The Balaban J connectivity index is 1.32. The number of nitrogens with zero attached hydrogens (tertiary/aromatic N) is 2. The molecule has 1 aliphatic heterocycles. The fourth-order valence-corrected chi connectivity index (χ4v) is 4.48. The van der Waals surface area contributed by atoms with Crippen molar-refractivity contribution in [1.82, 2.24) is 4.98 Å². The lowest BCUT2D eigenvalue weighted by molar-refractivity contribution is 0.213. The van der Waals surface area contributed by atoms with Gasteiger partial charge in [-0.3, -0.25) is 4.98 Å². The van der Waals surface area contributed by atoms with E-state index in [0.29, 0.717) is 5.69 Å². The van der Waals surface area contributed by atoms with E-state index in [-0.39, 0.29) is 12.7 Å². The maximum atomic E-state index is 9.31. The van der Waals surface area contributed by atoms with Gasteiger partial charge in [-0.25, -0.2) is 0 Å². The Morgan fingerprint density at radius 2 is 2.00 bits per heavy atom. The van der Waals surface area contributed by atoms with Gasteiger partial charge in [0.1, 0.15) is 11.9 Å². The van der Waals surface area contributed by atoms with E-state index in [1.165, 1.54) is 16.7 Å². The number of allylic oxidation sites excluding steroid dienone is 1. The van der Waals surface area contributed by atoms with Crippen LogP contribution in [0.15, 0.2) is 66.9 Å². The lowest BCUT2D eigenvalue weighted by atomic mass is 10.0. The van der Waals surface area contributed by atoms with Crippen molar-refractivity contribution in [2.45, 2.75) is 32.5 Å². The molecular formula is C26H27N3O2. The van der Waals surface area contributed by atoms with Crippen LogP contribution in [0.2, 0.25) is 0 Å². The third-order valence-corrected chi connectivity index (χ3v) is 5.96. The van der Waals surface area contributed by atoms with E-state index in [9.17, 15) is 5.11 Å². The number of fused-ring (bicyclic) bond motifs is 2. The molecule has 31 heavy (non-hydrogen) atoms. The molecule has 2 N–H and O–H groups in total. The number of aliphatic hydroxyl groups is 1. The smallest absolute Gasteiger partial charge is 0.145 e. The largest absolute Gasteiger partial charge is 0.487 e. The third-order valence-electron chi connectivity index (χ3n) is 5.96. The summed E-state index contributed by atoms with van der Waals surface area (Å²) in [5.74, 6) is 0.904. The lowest BCUT2D eigenvalue weighted by Gasteiger charge is -2.35. The average Bonchev–Trinajstić information content (AvgIpc) is 3.20. The number of nitrogens with one attached hydrogen (secondary N) is 1. The van der Waals surface area contributed by atoms with Crippen molar-refractivity contribution >= 4 is 22.6 Å². The summed E-state index contributed by atoms with van der Waals surface area (Å²) in [5, 5.41) is 12.7. The molecule has 0 amide bonds. The maximum Gasteiger partial charge on any atom is 0.145 e. The van der Waals surface area contributed by atoms with Crippen LogP contribution in [0.4, 0.5) is 17.1 Å². The maximum absolute atomic E-state index is 9.31. The molecule has 0 bridgehead atoms. The molecule has 2 heterocycles. The molecule has 5 heteroatoms. The van der Waals surface area contributed by atoms with E-state index < -0.39 is 0 Å². The zero-order valence-corrected chi connectivity index (χ0v) is 17.7. The van der Waals surface area contributed by atoms with Crippen molar-refractivity contribution < 1.29 is 9.84 Å². The first kappa shape index (κ1) is 19.6. The Bertz CT molecular complexity index is 1130. The number of aliphatic hydroxyl groups excluding tert-OH is 1. The number of hydrogen-bond acceptors (Lipinski definition) is 5. The fraction of sp³-hybridized carbons (Fsp3) is 0.269. The Labute approximate surface area is 183 Å². The SMILES string of the molecule is CC1CN(CCC2=CCc3ccccc32)c2ccc(Nc3ccnc(CO)c3)cc2O1. The van der Waals surface area contributed by atoms with E-state index in [2.05, 4.69) is 70.7 Å². The molecule has 3 aromatic rings. The average molecular weight is 414 g/mol. The van der Waals surface area contributed by atoms with Gasteiger partial charge in [0.25, 0.3) is 0 Å². The van der Waals surface area contributed by atoms with Gasteiger partial charge in [-0.1, -0.05) is 30.3 Å². The quantitative estimate of drug-likeness (QED) is 0.600. The minimum atomic E-state index is -0.0732. The van der Waals surface area contributed by atoms with Gasteiger partial charge in [-0.05, 0) is 60.7 Å². The van der Waals surface area contributed by atoms with Crippen molar-refractivity contribution in [2.75, 3.05) is 23.3 Å². The topological polar surface area (TPSA) is 57.6 Å². The molecule has 0 saturated heterocycles. The Morgan fingerprint density at radius 1 is 1.13 bits per heavy atom. The molecule has 1 aliphatic carbocycles. The summed E-state index contributed by atoms with van der Waals surface area (Å²) in [5.41, 5.74) is 7.92. The number of ether oxygens (including phenoxy) is 1. The summed E-state index contributed by atoms with van der Waals surface area (Å²) < 4.78 is 6.16. The zero-order valence-electron chi connectivity index (χ0n) is 17.7. The molecule has 1 unspecified atom stereocenters. The summed E-state index contributed by atoms with van der Waals surface area (Å²) in [7, 11) is 0. The van der Waals surface area contributed by atoms with E-state index in [4.69, 9.17) is 4.74 Å². The molecule has 5 nitrogen and oxygen atoms in total. The first-order valence-corrected chi connectivity index (χ1v) is 10.9. The highest BCUT2D eigenvalue weighted by Crippen LogP contribution is 2.38. The predicted octanol–water partition coefficient (Wildman–Crippen LogP) is 4.93. The molecule has 2 aromatic carbocycles. The Kier molecular flexibility index (Phi) is 5.35. The van der Waals surface area contributed by atoms with Crippen molar-refractivity contribution in [3.63, 3.8) is 0 Å². The monoisotopic (exact) mass is 413 g/mol. The van der Waals surface area contributed by atoms with Gasteiger partial charge in [0.05, 0.1) is 24.5 Å². The number of rotatable bonds is 6. The summed E-state index contributed by atoms with van der Waals surface area (Å²) >= 11 is 0. The third kappa shape index (κ3) is 4.14. The lowest BCUT2D eigenvalue weighted by Crippen LogP contribution is -2.39. The van der Waals surface area contributed by atoms with Crippen LogP contribution in [-0.4, -0.2) is 29.3 Å². The Morgan fingerprint density at radius 3 is 2.90 bits per heavy atom. The molecule has 0 fully saturated rings. The van der Waals surface area contributed by atoms with Crippen LogP contribution in [0, 0.1) is 0 Å². The van der Waals surface area contributed by atoms with E-state index in [1.807, 2.05) is 12.1 Å². The molecule has 0 radical (unpaired) electrons. The second-order valence-corrected chi connectivity index (χ2v) is 8.22. The van der Waals surface area contributed by atoms with Crippen molar-refractivity contribution in [1.29, 1.82) is 0 Å². The van der Waals surface area contributed by atoms with Gasteiger partial charge < -0.3 is 20.1 Å². The summed E-state index contributed by atoms with van der Waals surface area (Å²) in [4.78, 5) is 6.57. The number of aromatic nitrogens is 1. The van der Waals surface area contributed by atoms with Crippen LogP contribution in [0.3, 0.4) is 0 Å². The first-order valence-electron chi connectivity index (χ1n) is 10.9. The van der Waals surface area contributed by atoms with Crippen LogP contribution in [0.25, 0.3) is 5.57 Å². The molecule has 0 spiro atoms. The molecule has 1 aromatic heterocycles. The minimum Gasteiger partial charge on any atom is -0.487 e. The predicted molar refractivity (Wildman–Crippen MR) is 125 cm³/mol. The summed E-state index contributed by atoms with van der Waals surface area (Å²) in [6.07, 6.45) is 6.28. The molecule has 158 valence electrons. The molecular weight excluding hydrogens is 386 g/mol. The van der Waals surface area contributed by atoms with Gasteiger partial charge >= 0.3 is 0 Å². The molecule has 0 saturated carbocycles. The number of benzene rings is 2.